The Labute approximate surface area is 193 Å². The summed E-state index contributed by atoms with van der Waals surface area (Å²) in [5.74, 6) is 2.63. The second-order valence-electron chi connectivity index (χ2n) is 7.14. The van der Waals surface area contributed by atoms with Gasteiger partial charge >= 0.3 is 0 Å². The normalized spacial score (nSPS) is 18.8. The third-order valence-electron chi connectivity index (χ3n) is 4.81. The van der Waals surface area contributed by atoms with Gasteiger partial charge in [-0.25, -0.2) is 0 Å². The second-order valence-corrected chi connectivity index (χ2v) is 8.83. The lowest BCUT2D eigenvalue weighted by molar-refractivity contribution is 0.0948. The van der Waals surface area contributed by atoms with Gasteiger partial charge in [0.25, 0.3) is 5.91 Å². The van der Waals surface area contributed by atoms with E-state index in [1.807, 2.05) is 42.1 Å². The molecule has 1 aliphatic rings. The summed E-state index contributed by atoms with van der Waals surface area (Å²) in [4.78, 5) is 16.7. The van der Waals surface area contributed by atoms with Crippen LogP contribution in [0, 0.1) is 0 Å². The molecule has 1 aromatic heterocycles. The minimum atomic E-state index is -0.119. The Hall–Kier alpha value is -1.68. The van der Waals surface area contributed by atoms with Gasteiger partial charge in [0.2, 0.25) is 0 Å². The molecule has 1 unspecified atom stereocenters. The first-order chi connectivity index (χ1) is 13.6. The summed E-state index contributed by atoms with van der Waals surface area (Å²) in [6.45, 7) is 4.17. The van der Waals surface area contributed by atoms with Gasteiger partial charge in [-0.2, -0.15) is 11.8 Å². The number of amides is 1. The fourth-order valence-corrected chi connectivity index (χ4v) is 4.40. The molecule has 158 valence electrons. The summed E-state index contributed by atoms with van der Waals surface area (Å²) >= 11 is 2.02. The topological polar surface area (TPSA) is 78.7 Å². The van der Waals surface area contributed by atoms with E-state index >= 15 is 0 Å². The number of thioether (sulfide) groups is 1. The van der Waals surface area contributed by atoms with E-state index in [-0.39, 0.29) is 34.6 Å². The van der Waals surface area contributed by atoms with Crippen LogP contribution in [0.4, 0.5) is 0 Å². The number of nitrogens with one attached hydrogen (secondary N) is 3. The third kappa shape index (κ3) is 7.26. The molecule has 1 aromatic carbocycles. The molecular weight excluding hydrogens is 499 g/mol. The zero-order chi connectivity index (χ0) is 19.8. The lowest BCUT2D eigenvalue weighted by Crippen LogP contribution is -2.43. The minimum absolute atomic E-state index is 0. The number of benzene rings is 1. The summed E-state index contributed by atoms with van der Waals surface area (Å²) < 4.78 is 5.52. The van der Waals surface area contributed by atoms with E-state index in [1.54, 1.807) is 19.4 Å². The molecule has 0 aliphatic carbocycles. The number of carbonyl (C=O) groups is 1. The average Bonchev–Trinajstić information content (AvgIpc) is 3.38. The highest BCUT2D eigenvalue weighted by Crippen LogP contribution is 2.36. The van der Waals surface area contributed by atoms with Crippen molar-refractivity contribution in [3.8, 4) is 0 Å². The molecule has 0 saturated carbocycles. The van der Waals surface area contributed by atoms with E-state index in [0.717, 1.165) is 23.8 Å². The molecule has 2 aromatic rings. The first kappa shape index (κ1) is 23.6. The highest BCUT2D eigenvalue weighted by atomic mass is 127. The number of furan rings is 1. The van der Waals surface area contributed by atoms with Crippen molar-refractivity contribution in [3.63, 3.8) is 0 Å². The molecule has 2 heterocycles. The van der Waals surface area contributed by atoms with Crippen molar-refractivity contribution in [3.05, 3.63) is 59.5 Å². The van der Waals surface area contributed by atoms with Gasteiger partial charge in [-0.3, -0.25) is 9.79 Å². The number of hydrogen-bond donors (Lipinski definition) is 3. The SMILES string of the molecule is CN=C(NCc1cccc(C(=O)NCc2ccco2)c1)NCC1(C)CCCS1.I. The van der Waals surface area contributed by atoms with Crippen LogP contribution in [0.15, 0.2) is 52.1 Å². The molecule has 1 saturated heterocycles. The molecule has 1 amide bonds. The van der Waals surface area contributed by atoms with Crippen LogP contribution < -0.4 is 16.0 Å². The van der Waals surface area contributed by atoms with E-state index in [4.69, 9.17) is 4.42 Å². The van der Waals surface area contributed by atoms with Crippen LogP contribution in [0.3, 0.4) is 0 Å². The summed E-state index contributed by atoms with van der Waals surface area (Å²) in [7, 11) is 1.78. The molecule has 0 radical (unpaired) electrons. The smallest absolute Gasteiger partial charge is 0.251 e. The van der Waals surface area contributed by atoms with Gasteiger partial charge < -0.3 is 20.4 Å². The number of guanidine groups is 1. The van der Waals surface area contributed by atoms with Crippen LogP contribution >= 0.6 is 35.7 Å². The van der Waals surface area contributed by atoms with E-state index in [0.29, 0.717) is 18.7 Å². The number of rotatable bonds is 7. The Kier molecular flexibility index (Phi) is 9.35. The van der Waals surface area contributed by atoms with Gasteiger partial charge in [0.15, 0.2) is 5.96 Å². The zero-order valence-corrected chi connectivity index (χ0v) is 20.0. The van der Waals surface area contributed by atoms with Gasteiger partial charge in [-0.05, 0) is 55.3 Å². The van der Waals surface area contributed by atoms with Gasteiger partial charge in [-0.1, -0.05) is 12.1 Å². The van der Waals surface area contributed by atoms with Gasteiger partial charge in [0, 0.05) is 30.4 Å². The molecule has 3 rings (SSSR count). The first-order valence-electron chi connectivity index (χ1n) is 9.56. The Morgan fingerprint density at radius 1 is 1.21 bits per heavy atom. The summed E-state index contributed by atoms with van der Waals surface area (Å²) in [6, 6.07) is 11.2. The van der Waals surface area contributed by atoms with Crippen molar-refractivity contribution < 1.29 is 9.21 Å². The molecule has 8 heteroatoms. The maximum atomic E-state index is 12.4. The minimum Gasteiger partial charge on any atom is -0.467 e. The van der Waals surface area contributed by atoms with Crippen LogP contribution in [-0.2, 0) is 13.1 Å². The Morgan fingerprint density at radius 2 is 2.07 bits per heavy atom. The van der Waals surface area contributed by atoms with Crippen molar-refractivity contribution in [2.75, 3.05) is 19.3 Å². The van der Waals surface area contributed by atoms with Crippen LogP contribution in [0.5, 0.6) is 0 Å². The van der Waals surface area contributed by atoms with Crippen LogP contribution in [-0.4, -0.2) is 36.0 Å². The Bertz CT molecular complexity index is 805. The van der Waals surface area contributed by atoms with Gasteiger partial charge in [0.05, 0.1) is 12.8 Å². The molecule has 1 aliphatic heterocycles. The van der Waals surface area contributed by atoms with Crippen molar-refractivity contribution in [1.82, 2.24) is 16.0 Å². The highest BCUT2D eigenvalue weighted by Gasteiger charge is 2.29. The van der Waals surface area contributed by atoms with E-state index in [2.05, 4.69) is 27.9 Å². The number of hydrogen-bond acceptors (Lipinski definition) is 4. The molecule has 0 spiro atoms. The number of nitrogens with zero attached hydrogens (tertiary/aromatic N) is 1. The lowest BCUT2D eigenvalue weighted by atomic mass is 10.1. The van der Waals surface area contributed by atoms with E-state index in [9.17, 15) is 4.79 Å². The summed E-state index contributed by atoms with van der Waals surface area (Å²) in [5.41, 5.74) is 1.65. The second kappa shape index (κ2) is 11.5. The molecule has 6 nitrogen and oxygen atoms in total. The summed E-state index contributed by atoms with van der Waals surface area (Å²) in [6.07, 6.45) is 4.11. The van der Waals surface area contributed by atoms with Crippen molar-refractivity contribution >= 4 is 47.6 Å². The van der Waals surface area contributed by atoms with Gasteiger partial charge in [0.1, 0.15) is 5.76 Å². The maximum Gasteiger partial charge on any atom is 0.251 e. The zero-order valence-electron chi connectivity index (χ0n) is 16.9. The number of carbonyl (C=O) groups excluding carboxylic acids is 1. The van der Waals surface area contributed by atoms with Gasteiger partial charge in [-0.15, -0.1) is 24.0 Å². The molecule has 1 atom stereocenters. The largest absolute Gasteiger partial charge is 0.467 e. The fraction of sp³-hybridized carbons (Fsp3) is 0.429. The number of halogens is 1. The van der Waals surface area contributed by atoms with Crippen molar-refractivity contribution in [2.45, 2.75) is 37.6 Å². The van der Waals surface area contributed by atoms with E-state index < -0.39 is 0 Å². The summed E-state index contributed by atoms with van der Waals surface area (Å²) in [5, 5.41) is 9.62. The molecule has 1 fully saturated rings. The number of aliphatic imine (C=N–C) groups is 1. The quantitative estimate of drug-likeness (QED) is 0.290. The molecular formula is C21H29IN4O2S. The van der Waals surface area contributed by atoms with Crippen LogP contribution in [0.1, 0.15) is 41.4 Å². The Morgan fingerprint density at radius 3 is 2.76 bits per heavy atom. The third-order valence-corrected chi connectivity index (χ3v) is 6.34. The molecule has 3 N–H and O–H groups in total. The standard InChI is InChI=1S/C21H28N4O2S.HI/c1-21(9-5-11-28-21)15-25-20(22-2)24-13-16-6-3-7-17(12-16)19(26)23-14-18-8-4-10-27-18;/h3-4,6-8,10,12H,5,9,11,13-15H2,1-2H3,(H,23,26)(H2,22,24,25);1H. The average molecular weight is 528 g/mol. The first-order valence-corrected chi connectivity index (χ1v) is 10.5. The Balaban J connectivity index is 0.00000300. The lowest BCUT2D eigenvalue weighted by Gasteiger charge is -2.24. The van der Waals surface area contributed by atoms with E-state index in [1.165, 1.54) is 18.6 Å². The fourth-order valence-electron chi connectivity index (χ4n) is 3.16. The van der Waals surface area contributed by atoms with Crippen molar-refractivity contribution in [1.29, 1.82) is 0 Å². The predicted molar refractivity (Wildman–Crippen MR) is 130 cm³/mol. The molecule has 0 bridgehead atoms. The van der Waals surface area contributed by atoms with Crippen LogP contribution in [0.25, 0.3) is 0 Å². The van der Waals surface area contributed by atoms with Crippen molar-refractivity contribution in [2.24, 2.45) is 4.99 Å². The highest BCUT2D eigenvalue weighted by molar-refractivity contribution is 14.0. The monoisotopic (exact) mass is 528 g/mol. The predicted octanol–water partition coefficient (Wildman–Crippen LogP) is 3.78. The molecule has 29 heavy (non-hydrogen) atoms. The van der Waals surface area contributed by atoms with Crippen LogP contribution in [0.2, 0.25) is 0 Å². The maximum absolute atomic E-state index is 12.4.